The average Bonchev–Trinajstić information content (AvgIpc) is 3.34. The summed E-state index contributed by atoms with van der Waals surface area (Å²) in [6, 6.07) is 9.56. The Morgan fingerprint density at radius 3 is 2.56 bits per heavy atom. The molecule has 138 valence electrons. The largest absolute Gasteiger partial charge is 0.469 e. The number of hydrogen-bond donors (Lipinski definition) is 2. The van der Waals surface area contributed by atoms with Crippen LogP contribution in [-0.4, -0.2) is 29.9 Å². The fourth-order valence-corrected chi connectivity index (χ4v) is 2.85. The minimum Gasteiger partial charge on any atom is -0.469 e. The molecule has 0 aliphatic carbocycles. The van der Waals surface area contributed by atoms with E-state index in [0.717, 1.165) is 0 Å². The second-order valence-corrected chi connectivity index (χ2v) is 6.22. The van der Waals surface area contributed by atoms with Crippen molar-refractivity contribution in [1.82, 2.24) is 4.98 Å². The van der Waals surface area contributed by atoms with Crippen molar-refractivity contribution in [1.29, 1.82) is 0 Å². The van der Waals surface area contributed by atoms with Gasteiger partial charge in [-0.25, -0.2) is 4.98 Å². The normalized spacial score (nSPS) is 10.3. The second kappa shape index (κ2) is 8.28. The van der Waals surface area contributed by atoms with Crippen molar-refractivity contribution in [2.24, 2.45) is 0 Å². The molecular weight excluding hydrogens is 370 g/mol. The highest BCUT2D eigenvalue weighted by atomic mass is 32.1. The van der Waals surface area contributed by atoms with Crippen molar-refractivity contribution in [3.05, 3.63) is 65.1 Å². The highest BCUT2D eigenvalue weighted by Gasteiger charge is 2.12. The number of hydrogen-bond acceptors (Lipinski definition) is 7. The van der Waals surface area contributed by atoms with Crippen LogP contribution in [0.5, 0.6) is 0 Å². The first kappa shape index (κ1) is 18.3. The maximum absolute atomic E-state index is 12.3. The standard InChI is InChI=1S/C18H15N3O5S/c1-25-15(22)9-13-10-27-18(20-13)21-16(23)11-4-6-12(7-5-11)19-17(24)14-3-2-8-26-14/h2-8,10H,9H2,1H3,(H,19,24)(H,20,21,23). The van der Waals surface area contributed by atoms with Gasteiger partial charge in [-0.05, 0) is 36.4 Å². The van der Waals surface area contributed by atoms with Gasteiger partial charge in [0.15, 0.2) is 10.9 Å². The van der Waals surface area contributed by atoms with Crippen molar-refractivity contribution in [2.75, 3.05) is 17.7 Å². The van der Waals surface area contributed by atoms with Gasteiger partial charge in [0.1, 0.15) is 0 Å². The van der Waals surface area contributed by atoms with Crippen molar-refractivity contribution < 1.29 is 23.5 Å². The lowest BCUT2D eigenvalue weighted by atomic mass is 10.2. The first-order chi connectivity index (χ1) is 13.0. The summed E-state index contributed by atoms with van der Waals surface area (Å²) in [7, 11) is 1.30. The molecule has 0 radical (unpaired) electrons. The lowest BCUT2D eigenvalue weighted by Crippen LogP contribution is -2.13. The minimum absolute atomic E-state index is 0.0485. The maximum atomic E-state index is 12.3. The van der Waals surface area contributed by atoms with Gasteiger partial charge in [-0.3, -0.25) is 19.7 Å². The van der Waals surface area contributed by atoms with Crippen LogP contribution in [0.3, 0.4) is 0 Å². The maximum Gasteiger partial charge on any atom is 0.311 e. The molecule has 0 saturated heterocycles. The monoisotopic (exact) mass is 385 g/mol. The van der Waals surface area contributed by atoms with Crippen LogP contribution in [0.4, 0.5) is 10.8 Å². The highest BCUT2D eigenvalue weighted by Crippen LogP contribution is 2.18. The van der Waals surface area contributed by atoms with Gasteiger partial charge in [0.05, 0.1) is 25.5 Å². The minimum atomic E-state index is -0.398. The molecule has 0 fully saturated rings. The number of amides is 2. The van der Waals surface area contributed by atoms with Crippen LogP contribution in [-0.2, 0) is 16.0 Å². The van der Waals surface area contributed by atoms with Crippen LogP contribution in [0, 0.1) is 0 Å². The zero-order valence-corrected chi connectivity index (χ0v) is 15.0. The Hall–Kier alpha value is -3.46. The van der Waals surface area contributed by atoms with E-state index < -0.39 is 5.97 Å². The predicted octanol–water partition coefficient (Wildman–Crippen LogP) is 2.96. The van der Waals surface area contributed by atoms with Crippen LogP contribution in [0.15, 0.2) is 52.5 Å². The molecular formula is C18H15N3O5S. The first-order valence-corrected chi connectivity index (χ1v) is 8.70. The molecule has 9 heteroatoms. The molecule has 0 spiro atoms. The fraction of sp³-hybridized carbons (Fsp3) is 0.111. The van der Waals surface area contributed by atoms with Crippen LogP contribution < -0.4 is 10.6 Å². The van der Waals surface area contributed by atoms with Gasteiger partial charge < -0.3 is 14.5 Å². The zero-order chi connectivity index (χ0) is 19.2. The summed E-state index contributed by atoms with van der Waals surface area (Å²) in [6.07, 6.45) is 1.46. The molecule has 0 saturated carbocycles. The topological polar surface area (TPSA) is 111 Å². The summed E-state index contributed by atoms with van der Waals surface area (Å²) in [6.45, 7) is 0. The number of methoxy groups -OCH3 is 1. The Kier molecular flexibility index (Phi) is 5.62. The Morgan fingerprint density at radius 1 is 1.11 bits per heavy atom. The van der Waals surface area contributed by atoms with Gasteiger partial charge in [-0.2, -0.15) is 0 Å². The molecule has 0 unspecified atom stereocenters. The Morgan fingerprint density at radius 2 is 1.89 bits per heavy atom. The van der Waals surface area contributed by atoms with Crippen molar-refractivity contribution in [3.63, 3.8) is 0 Å². The Balaban J connectivity index is 1.59. The average molecular weight is 385 g/mol. The van der Waals surface area contributed by atoms with Crippen LogP contribution in [0.1, 0.15) is 26.6 Å². The lowest BCUT2D eigenvalue weighted by Gasteiger charge is -2.05. The van der Waals surface area contributed by atoms with Crippen molar-refractivity contribution in [2.45, 2.75) is 6.42 Å². The summed E-state index contributed by atoms with van der Waals surface area (Å²) in [5, 5.41) is 7.40. The molecule has 2 aromatic heterocycles. The van der Waals surface area contributed by atoms with Gasteiger partial charge in [0, 0.05) is 16.6 Å². The van der Waals surface area contributed by atoms with E-state index in [1.807, 2.05) is 0 Å². The molecule has 2 amide bonds. The van der Waals surface area contributed by atoms with E-state index in [0.29, 0.717) is 22.1 Å². The molecule has 0 atom stereocenters. The third kappa shape index (κ3) is 4.79. The number of ether oxygens (including phenoxy) is 1. The third-order valence-corrected chi connectivity index (χ3v) is 4.28. The van der Waals surface area contributed by atoms with E-state index in [1.54, 1.807) is 41.8 Å². The molecule has 0 aliphatic rings. The van der Waals surface area contributed by atoms with E-state index in [9.17, 15) is 14.4 Å². The molecule has 3 aromatic rings. The van der Waals surface area contributed by atoms with Gasteiger partial charge in [0.2, 0.25) is 0 Å². The number of nitrogens with one attached hydrogen (secondary N) is 2. The molecule has 2 heterocycles. The number of benzene rings is 1. The number of carbonyl (C=O) groups excluding carboxylic acids is 3. The van der Waals surface area contributed by atoms with Crippen LogP contribution in [0.25, 0.3) is 0 Å². The molecule has 8 nitrogen and oxygen atoms in total. The van der Waals surface area contributed by atoms with E-state index >= 15 is 0 Å². The number of esters is 1. The number of furan rings is 1. The van der Waals surface area contributed by atoms with E-state index in [-0.39, 0.29) is 24.0 Å². The Bertz CT molecular complexity index is 948. The summed E-state index contributed by atoms with van der Waals surface area (Å²) < 4.78 is 9.60. The Labute approximate surface area is 158 Å². The van der Waals surface area contributed by atoms with Crippen molar-refractivity contribution in [3.8, 4) is 0 Å². The molecule has 27 heavy (non-hydrogen) atoms. The van der Waals surface area contributed by atoms with Gasteiger partial charge in [-0.15, -0.1) is 11.3 Å². The van der Waals surface area contributed by atoms with Gasteiger partial charge in [0.25, 0.3) is 11.8 Å². The number of rotatable bonds is 6. The van der Waals surface area contributed by atoms with Crippen LogP contribution in [0.2, 0.25) is 0 Å². The van der Waals surface area contributed by atoms with E-state index in [2.05, 4.69) is 20.4 Å². The molecule has 3 rings (SSSR count). The second-order valence-electron chi connectivity index (χ2n) is 5.36. The molecule has 2 N–H and O–H groups in total. The summed E-state index contributed by atoms with van der Waals surface area (Å²) in [4.78, 5) is 39.6. The van der Waals surface area contributed by atoms with Gasteiger partial charge >= 0.3 is 5.97 Å². The lowest BCUT2D eigenvalue weighted by molar-refractivity contribution is -0.139. The smallest absolute Gasteiger partial charge is 0.311 e. The molecule has 0 bridgehead atoms. The van der Waals surface area contributed by atoms with Crippen molar-refractivity contribution >= 4 is 39.9 Å². The number of aromatic nitrogens is 1. The zero-order valence-electron chi connectivity index (χ0n) is 14.2. The first-order valence-electron chi connectivity index (χ1n) is 7.82. The van der Waals surface area contributed by atoms with Crippen LogP contribution >= 0.6 is 11.3 Å². The van der Waals surface area contributed by atoms with Gasteiger partial charge in [-0.1, -0.05) is 0 Å². The summed E-state index contributed by atoms with van der Waals surface area (Å²) in [5.41, 5.74) is 1.46. The fourth-order valence-electron chi connectivity index (χ4n) is 2.14. The quantitative estimate of drug-likeness (QED) is 0.631. The SMILES string of the molecule is COC(=O)Cc1csc(NC(=O)c2ccc(NC(=O)c3ccco3)cc2)n1. The molecule has 1 aromatic carbocycles. The number of anilines is 2. The predicted molar refractivity (Wildman–Crippen MR) is 98.9 cm³/mol. The molecule has 0 aliphatic heterocycles. The third-order valence-electron chi connectivity index (χ3n) is 3.48. The van der Waals surface area contributed by atoms with E-state index in [4.69, 9.17) is 4.42 Å². The number of nitrogens with zero attached hydrogens (tertiary/aromatic N) is 1. The summed E-state index contributed by atoms with van der Waals surface area (Å²) in [5.74, 6) is -0.926. The number of thiazole rings is 1. The number of carbonyl (C=O) groups is 3. The summed E-state index contributed by atoms with van der Waals surface area (Å²) >= 11 is 1.22. The van der Waals surface area contributed by atoms with E-state index in [1.165, 1.54) is 24.7 Å². The highest BCUT2D eigenvalue weighted by molar-refractivity contribution is 7.14.